The van der Waals surface area contributed by atoms with E-state index in [1.165, 1.54) is 23.4 Å². The highest BCUT2D eigenvalue weighted by Crippen LogP contribution is 2.33. The highest BCUT2D eigenvalue weighted by Gasteiger charge is 2.42. The molecule has 2 heterocycles. The minimum absolute atomic E-state index is 0.0689. The van der Waals surface area contributed by atoms with Crippen molar-refractivity contribution >= 4 is 15.8 Å². The molecule has 0 spiro atoms. The monoisotopic (exact) mass is 378 g/mol. The summed E-state index contributed by atoms with van der Waals surface area (Å²) in [5.74, 6) is 0.160. The lowest BCUT2D eigenvalue weighted by Gasteiger charge is -2.21. The SMILES string of the molecule is CC(C)[C@H]1CN(S(C)(=O)=O)CC1C(=O)c1cccc(CN2CCCC2)c1. The predicted octanol–water partition coefficient (Wildman–Crippen LogP) is 2.63. The van der Waals surface area contributed by atoms with Gasteiger partial charge in [-0.1, -0.05) is 32.0 Å². The van der Waals surface area contributed by atoms with Crippen molar-refractivity contribution in [2.75, 3.05) is 32.4 Å². The molecule has 144 valence electrons. The standard InChI is InChI=1S/C20H30N2O3S/c1-15(2)18-13-22(26(3,24)25)14-19(18)20(23)17-8-6-7-16(11-17)12-21-9-4-5-10-21/h6-8,11,15,18-19H,4-5,9-10,12-14H2,1-3H3/t18-,19?/m1/s1. The van der Waals surface area contributed by atoms with Crippen LogP contribution >= 0.6 is 0 Å². The van der Waals surface area contributed by atoms with Gasteiger partial charge in [-0.15, -0.1) is 0 Å². The van der Waals surface area contributed by atoms with Crippen molar-refractivity contribution in [2.45, 2.75) is 33.2 Å². The van der Waals surface area contributed by atoms with Gasteiger partial charge in [0, 0.05) is 31.1 Å². The number of ketones is 1. The minimum Gasteiger partial charge on any atom is -0.299 e. The van der Waals surface area contributed by atoms with Crippen LogP contribution in [0.2, 0.25) is 0 Å². The minimum atomic E-state index is -3.27. The van der Waals surface area contributed by atoms with Gasteiger partial charge in [0.25, 0.3) is 0 Å². The number of rotatable bonds is 6. The number of hydrogen-bond acceptors (Lipinski definition) is 4. The van der Waals surface area contributed by atoms with E-state index in [4.69, 9.17) is 0 Å². The lowest BCUT2D eigenvalue weighted by molar-refractivity contribution is 0.0883. The van der Waals surface area contributed by atoms with E-state index in [1.54, 1.807) is 0 Å². The summed E-state index contributed by atoms with van der Waals surface area (Å²) in [6, 6.07) is 7.90. The van der Waals surface area contributed by atoms with E-state index in [1.807, 2.05) is 18.2 Å². The van der Waals surface area contributed by atoms with E-state index < -0.39 is 10.0 Å². The van der Waals surface area contributed by atoms with Gasteiger partial charge in [-0.25, -0.2) is 12.7 Å². The van der Waals surface area contributed by atoms with Crippen LogP contribution in [0, 0.1) is 17.8 Å². The largest absolute Gasteiger partial charge is 0.299 e. The predicted molar refractivity (Wildman–Crippen MR) is 104 cm³/mol. The fourth-order valence-electron chi connectivity index (χ4n) is 4.25. The molecule has 2 aliphatic heterocycles. The fourth-order valence-corrected chi connectivity index (χ4v) is 5.13. The molecule has 1 aromatic carbocycles. The van der Waals surface area contributed by atoms with Gasteiger partial charge in [0.2, 0.25) is 10.0 Å². The van der Waals surface area contributed by atoms with Crippen LogP contribution < -0.4 is 0 Å². The zero-order valence-electron chi connectivity index (χ0n) is 16.0. The van der Waals surface area contributed by atoms with Crippen LogP contribution in [0.3, 0.4) is 0 Å². The van der Waals surface area contributed by atoms with E-state index in [0.717, 1.165) is 25.2 Å². The Morgan fingerprint density at radius 2 is 1.88 bits per heavy atom. The van der Waals surface area contributed by atoms with Gasteiger partial charge in [-0.2, -0.15) is 0 Å². The molecule has 0 saturated carbocycles. The van der Waals surface area contributed by atoms with E-state index in [2.05, 4.69) is 24.8 Å². The second-order valence-corrected chi connectivity index (χ2v) is 10.1. The van der Waals surface area contributed by atoms with Crippen LogP contribution in [-0.4, -0.2) is 55.8 Å². The van der Waals surface area contributed by atoms with Crippen molar-refractivity contribution in [3.05, 3.63) is 35.4 Å². The molecule has 1 unspecified atom stereocenters. The number of carbonyl (C=O) groups is 1. The van der Waals surface area contributed by atoms with Crippen molar-refractivity contribution in [1.82, 2.24) is 9.21 Å². The Labute approximate surface area is 157 Å². The first kappa shape index (κ1) is 19.5. The molecule has 26 heavy (non-hydrogen) atoms. The number of nitrogens with zero attached hydrogens (tertiary/aromatic N) is 2. The number of sulfonamides is 1. The third-order valence-corrected chi connectivity index (χ3v) is 7.05. The number of benzene rings is 1. The second-order valence-electron chi connectivity index (χ2n) is 8.14. The Kier molecular flexibility index (Phi) is 5.85. The quantitative estimate of drug-likeness (QED) is 0.714. The van der Waals surface area contributed by atoms with Crippen molar-refractivity contribution in [3.8, 4) is 0 Å². The van der Waals surface area contributed by atoms with Gasteiger partial charge < -0.3 is 0 Å². The van der Waals surface area contributed by atoms with E-state index in [9.17, 15) is 13.2 Å². The molecule has 2 fully saturated rings. The number of carbonyl (C=O) groups excluding carboxylic acids is 1. The first-order chi connectivity index (χ1) is 12.3. The second kappa shape index (κ2) is 7.79. The summed E-state index contributed by atoms with van der Waals surface area (Å²) in [7, 11) is -3.27. The third-order valence-electron chi connectivity index (χ3n) is 5.81. The highest BCUT2D eigenvalue weighted by atomic mass is 32.2. The lowest BCUT2D eigenvalue weighted by Crippen LogP contribution is -2.29. The Balaban J connectivity index is 1.78. The molecule has 0 bridgehead atoms. The van der Waals surface area contributed by atoms with E-state index in [-0.39, 0.29) is 23.5 Å². The topological polar surface area (TPSA) is 57.7 Å². The third kappa shape index (κ3) is 4.35. The Morgan fingerprint density at radius 3 is 2.50 bits per heavy atom. The maximum Gasteiger partial charge on any atom is 0.211 e. The van der Waals surface area contributed by atoms with Gasteiger partial charge in [0.15, 0.2) is 5.78 Å². The summed E-state index contributed by atoms with van der Waals surface area (Å²) in [5, 5.41) is 0. The summed E-state index contributed by atoms with van der Waals surface area (Å²) in [6.07, 6.45) is 3.73. The van der Waals surface area contributed by atoms with Crippen LogP contribution in [0.25, 0.3) is 0 Å². The van der Waals surface area contributed by atoms with Gasteiger partial charge in [0.05, 0.1) is 6.26 Å². The molecule has 2 atom stereocenters. The molecule has 0 aliphatic carbocycles. The molecule has 2 aliphatic rings. The molecule has 0 N–H and O–H groups in total. The van der Waals surface area contributed by atoms with Crippen molar-refractivity contribution in [1.29, 1.82) is 0 Å². The molecule has 6 heteroatoms. The number of Topliss-reactive ketones (excluding diaryl/α,β-unsaturated/α-hetero) is 1. The van der Waals surface area contributed by atoms with E-state index >= 15 is 0 Å². The Bertz CT molecular complexity index is 754. The van der Waals surface area contributed by atoms with Crippen LogP contribution in [0.15, 0.2) is 24.3 Å². The maximum absolute atomic E-state index is 13.2. The van der Waals surface area contributed by atoms with Crippen LogP contribution in [0.5, 0.6) is 0 Å². The zero-order chi connectivity index (χ0) is 18.9. The maximum atomic E-state index is 13.2. The zero-order valence-corrected chi connectivity index (χ0v) is 16.8. The Hall–Kier alpha value is -1.24. The molecular weight excluding hydrogens is 348 g/mol. The lowest BCUT2D eigenvalue weighted by atomic mass is 9.81. The Morgan fingerprint density at radius 1 is 1.19 bits per heavy atom. The normalized spacial score (nSPS) is 25.2. The van der Waals surface area contributed by atoms with Gasteiger partial charge >= 0.3 is 0 Å². The van der Waals surface area contributed by atoms with Crippen molar-refractivity contribution in [3.63, 3.8) is 0 Å². The van der Waals surface area contributed by atoms with Crippen molar-refractivity contribution < 1.29 is 13.2 Å². The summed E-state index contributed by atoms with van der Waals surface area (Å²) in [5.41, 5.74) is 1.88. The highest BCUT2D eigenvalue weighted by molar-refractivity contribution is 7.88. The first-order valence-corrected chi connectivity index (χ1v) is 11.4. The van der Waals surface area contributed by atoms with E-state index in [0.29, 0.717) is 18.7 Å². The molecule has 3 rings (SSSR count). The van der Waals surface area contributed by atoms with Crippen molar-refractivity contribution in [2.24, 2.45) is 17.8 Å². The van der Waals surface area contributed by atoms with Crippen LogP contribution in [0.4, 0.5) is 0 Å². The molecule has 5 nitrogen and oxygen atoms in total. The van der Waals surface area contributed by atoms with Gasteiger partial charge in [-0.05, 0) is 49.4 Å². The average Bonchev–Trinajstić information content (AvgIpc) is 3.23. The number of hydrogen-bond donors (Lipinski definition) is 0. The summed E-state index contributed by atoms with van der Waals surface area (Å²) in [6.45, 7) is 8.02. The summed E-state index contributed by atoms with van der Waals surface area (Å²) < 4.78 is 25.4. The molecule has 1 aromatic rings. The molecule has 0 aromatic heterocycles. The van der Waals surface area contributed by atoms with Crippen LogP contribution in [0.1, 0.15) is 42.6 Å². The van der Waals surface area contributed by atoms with Gasteiger partial charge in [0.1, 0.15) is 0 Å². The molecule has 0 radical (unpaired) electrons. The fraction of sp³-hybridized carbons (Fsp3) is 0.650. The smallest absolute Gasteiger partial charge is 0.211 e. The summed E-state index contributed by atoms with van der Waals surface area (Å²) in [4.78, 5) is 15.6. The van der Waals surface area contributed by atoms with Gasteiger partial charge in [-0.3, -0.25) is 9.69 Å². The average molecular weight is 379 g/mol. The first-order valence-electron chi connectivity index (χ1n) is 9.56. The molecule has 2 saturated heterocycles. The summed E-state index contributed by atoms with van der Waals surface area (Å²) >= 11 is 0. The van der Waals surface area contributed by atoms with Crippen LogP contribution in [-0.2, 0) is 16.6 Å². The molecule has 0 amide bonds. The molecular formula is C20H30N2O3S. The number of likely N-dealkylation sites (tertiary alicyclic amines) is 1.